The van der Waals surface area contributed by atoms with Crippen molar-refractivity contribution in [1.82, 2.24) is 10.2 Å². The Bertz CT molecular complexity index is 316. The Morgan fingerprint density at radius 1 is 1.29 bits per heavy atom. The summed E-state index contributed by atoms with van der Waals surface area (Å²) in [6.07, 6.45) is 8.72. The predicted octanol–water partition coefficient (Wildman–Crippen LogP) is 2.27. The molecule has 0 aromatic carbocycles. The van der Waals surface area contributed by atoms with Crippen molar-refractivity contribution in [3.05, 3.63) is 0 Å². The van der Waals surface area contributed by atoms with Crippen LogP contribution in [0.5, 0.6) is 0 Å². The van der Waals surface area contributed by atoms with Crippen LogP contribution in [0.2, 0.25) is 0 Å². The molecule has 17 heavy (non-hydrogen) atoms. The van der Waals surface area contributed by atoms with Crippen LogP contribution in [0.15, 0.2) is 0 Å². The van der Waals surface area contributed by atoms with E-state index in [1.807, 2.05) is 0 Å². The molecule has 2 saturated carbocycles. The molecule has 1 unspecified atom stereocenters. The summed E-state index contributed by atoms with van der Waals surface area (Å²) in [5, 5.41) is 3.50. The number of nitrogens with one attached hydrogen (secondary N) is 1. The van der Waals surface area contributed by atoms with Gasteiger partial charge in [0.2, 0.25) is 5.91 Å². The third kappa shape index (κ3) is 1.79. The molecule has 3 nitrogen and oxygen atoms in total. The summed E-state index contributed by atoms with van der Waals surface area (Å²) in [4.78, 5) is 14.6. The van der Waals surface area contributed by atoms with Crippen molar-refractivity contribution in [2.45, 2.75) is 76.5 Å². The summed E-state index contributed by atoms with van der Waals surface area (Å²) < 4.78 is 0. The number of nitrogens with zero attached hydrogens (tertiary/aromatic N) is 1. The van der Waals surface area contributed by atoms with Crippen molar-refractivity contribution in [2.24, 2.45) is 5.92 Å². The average Bonchev–Trinajstić information content (AvgIpc) is 3.06. The number of hydrogen-bond acceptors (Lipinski definition) is 2. The fourth-order valence-electron chi connectivity index (χ4n) is 3.75. The van der Waals surface area contributed by atoms with Crippen LogP contribution in [0.25, 0.3) is 0 Å². The maximum atomic E-state index is 12.4. The highest BCUT2D eigenvalue weighted by molar-refractivity contribution is 5.92. The maximum Gasteiger partial charge on any atom is 0.244 e. The molecule has 3 aliphatic rings. The number of carbonyl (C=O) groups excluding carboxylic acids is 1. The molecule has 1 aliphatic heterocycles. The van der Waals surface area contributed by atoms with E-state index in [4.69, 9.17) is 0 Å². The second-order valence-corrected chi connectivity index (χ2v) is 6.20. The number of hydrogen-bond donors (Lipinski definition) is 1. The second kappa shape index (κ2) is 3.98. The highest BCUT2D eigenvalue weighted by Gasteiger charge is 2.59. The van der Waals surface area contributed by atoms with Crippen molar-refractivity contribution < 1.29 is 4.79 Å². The lowest BCUT2D eigenvalue weighted by atomic mass is 9.84. The third-order valence-corrected chi connectivity index (χ3v) is 5.08. The first-order valence-corrected chi connectivity index (χ1v) is 7.27. The molecular weight excluding hydrogens is 212 g/mol. The summed E-state index contributed by atoms with van der Waals surface area (Å²) in [5.74, 6) is 1.30. The largest absolute Gasteiger partial charge is 0.323 e. The normalized spacial score (nSPS) is 40.0. The van der Waals surface area contributed by atoms with Crippen LogP contribution in [0.4, 0.5) is 0 Å². The van der Waals surface area contributed by atoms with E-state index in [-0.39, 0.29) is 11.7 Å². The molecule has 96 valence electrons. The molecular formula is C14H24N2O. The molecule has 3 fully saturated rings. The topological polar surface area (TPSA) is 32.3 Å². The van der Waals surface area contributed by atoms with Gasteiger partial charge in [-0.25, -0.2) is 0 Å². The van der Waals surface area contributed by atoms with Gasteiger partial charge >= 0.3 is 0 Å². The Kier molecular flexibility index (Phi) is 2.69. The van der Waals surface area contributed by atoms with Gasteiger partial charge in [0.15, 0.2) is 0 Å². The molecule has 3 heteroatoms. The summed E-state index contributed by atoms with van der Waals surface area (Å²) >= 11 is 0. The molecule has 0 aromatic heterocycles. The van der Waals surface area contributed by atoms with Crippen molar-refractivity contribution >= 4 is 5.91 Å². The van der Waals surface area contributed by atoms with Crippen molar-refractivity contribution in [3.63, 3.8) is 0 Å². The van der Waals surface area contributed by atoms with E-state index in [0.717, 1.165) is 18.8 Å². The maximum absolute atomic E-state index is 12.4. The Morgan fingerprint density at radius 3 is 2.41 bits per heavy atom. The monoisotopic (exact) mass is 236 g/mol. The fourth-order valence-corrected chi connectivity index (χ4v) is 3.75. The lowest BCUT2D eigenvalue weighted by Crippen LogP contribution is -2.44. The van der Waals surface area contributed by atoms with E-state index in [9.17, 15) is 4.79 Å². The van der Waals surface area contributed by atoms with Crippen LogP contribution in [-0.4, -0.2) is 28.6 Å². The van der Waals surface area contributed by atoms with E-state index in [1.54, 1.807) is 0 Å². The van der Waals surface area contributed by atoms with Gasteiger partial charge in [-0.05, 0) is 51.4 Å². The van der Waals surface area contributed by atoms with Gasteiger partial charge in [-0.3, -0.25) is 10.1 Å². The number of carbonyl (C=O) groups is 1. The van der Waals surface area contributed by atoms with Gasteiger partial charge in [0.25, 0.3) is 0 Å². The summed E-state index contributed by atoms with van der Waals surface area (Å²) in [7, 11) is 0. The summed E-state index contributed by atoms with van der Waals surface area (Å²) in [6, 6.07) is 0.507. The quantitative estimate of drug-likeness (QED) is 0.797. The Balaban J connectivity index is 1.67. The van der Waals surface area contributed by atoms with Crippen LogP contribution < -0.4 is 5.32 Å². The van der Waals surface area contributed by atoms with Crippen LogP contribution in [0, 0.1) is 5.92 Å². The molecule has 1 amide bonds. The first-order chi connectivity index (χ1) is 8.16. The first-order valence-electron chi connectivity index (χ1n) is 7.27. The molecule has 1 atom stereocenters. The molecule has 1 saturated heterocycles. The molecule has 1 spiro atoms. The first kappa shape index (κ1) is 11.5. The summed E-state index contributed by atoms with van der Waals surface area (Å²) in [5.41, 5.74) is -0.124. The van der Waals surface area contributed by atoms with Gasteiger partial charge in [-0.1, -0.05) is 13.3 Å². The summed E-state index contributed by atoms with van der Waals surface area (Å²) in [6.45, 7) is 4.44. The lowest BCUT2D eigenvalue weighted by Gasteiger charge is -2.36. The molecule has 3 rings (SSSR count). The van der Waals surface area contributed by atoms with E-state index in [0.29, 0.717) is 11.9 Å². The minimum absolute atomic E-state index is 0.124. The number of rotatable bonds is 2. The molecule has 0 bridgehead atoms. The van der Waals surface area contributed by atoms with Gasteiger partial charge in [-0.15, -0.1) is 0 Å². The van der Waals surface area contributed by atoms with E-state index < -0.39 is 0 Å². The number of amides is 1. The second-order valence-electron chi connectivity index (χ2n) is 6.20. The Labute approximate surface area is 104 Å². The minimum atomic E-state index is -0.124. The third-order valence-electron chi connectivity index (χ3n) is 5.08. The van der Waals surface area contributed by atoms with Crippen LogP contribution in [0.3, 0.4) is 0 Å². The van der Waals surface area contributed by atoms with Gasteiger partial charge < -0.3 is 4.90 Å². The van der Waals surface area contributed by atoms with E-state index in [2.05, 4.69) is 24.1 Å². The average molecular weight is 236 g/mol. The van der Waals surface area contributed by atoms with E-state index >= 15 is 0 Å². The highest BCUT2D eigenvalue weighted by Crippen LogP contribution is 2.44. The minimum Gasteiger partial charge on any atom is -0.323 e. The fraction of sp³-hybridized carbons (Fsp3) is 0.929. The van der Waals surface area contributed by atoms with Gasteiger partial charge in [0, 0.05) is 6.04 Å². The van der Waals surface area contributed by atoms with Crippen LogP contribution in [0.1, 0.15) is 58.8 Å². The smallest absolute Gasteiger partial charge is 0.244 e. The standard InChI is InChI=1S/C14H24N2O/c1-3-11-4-6-12(7-5-11)16-10(2)15-14(8-9-14)13(16)17/h10-12,15H,3-9H2,1-2H3. The van der Waals surface area contributed by atoms with Gasteiger partial charge in [0.05, 0.1) is 11.7 Å². The predicted molar refractivity (Wildman–Crippen MR) is 67.4 cm³/mol. The molecule has 1 N–H and O–H groups in total. The van der Waals surface area contributed by atoms with Gasteiger partial charge in [0.1, 0.15) is 0 Å². The molecule has 2 aliphatic carbocycles. The zero-order valence-electron chi connectivity index (χ0n) is 11.0. The van der Waals surface area contributed by atoms with Crippen LogP contribution in [-0.2, 0) is 4.79 Å². The SMILES string of the molecule is CCC1CCC(N2C(=O)C3(CC3)NC2C)CC1. The van der Waals surface area contributed by atoms with Gasteiger partial charge in [-0.2, -0.15) is 0 Å². The van der Waals surface area contributed by atoms with Crippen molar-refractivity contribution in [3.8, 4) is 0 Å². The Morgan fingerprint density at radius 2 is 1.94 bits per heavy atom. The highest BCUT2D eigenvalue weighted by atomic mass is 16.2. The van der Waals surface area contributed by atoms with Crippen molar-refractivity contribution in [2.75, 3.05) is 0 Å². The molecule has 1 heterocycles. The molecule has 0 aromatic rings. The van der Waals surface area contributed by atoms with E-state index in [1.165, 1.54) is 32.1 Å². The lowest BCUT2D eigenvalue weighted by molar-refractivity contribution is -0.133. The zero-order chi connectivity index (χ0) is 12.0. The zero-order valence-corrected chi connectivity index (χ0v) is 11.0. The molecule has 0 radical (unpaired) electrons. The Hall–Kier alpha value is -0.570. The van der Waals surface area contributed by atoms with Crippen LogP contribution >= 0.6 is 0 Å². The van der Waals surface area contributed by atoms with Crippen molar-refractivity contribution in [1.29, 1.82) is 0 Å².